The van der Waals surface area contributed by atoms with Gasteiger partial charge in [0.1, 0.15) is 0 Å². The molecule has 4 saturated heterocycles. The number of fused-ring (bicyclic) bond motifs is 3. The van der Waals surface area contributed by atoms with E-state index in [2.05, 4.69) is 24.3 Å². The zero-order chi connectivity index (χ0) is 33.0. The van der Waals surface area contributed by atoms with Crippen LogP contribution in [0.25, 0.3) is 0 Å². The lowest BCUT2D eigenvalue weighted by Crippen LogP contribution is -3.00. The first-order valence-corrected chi connectivity index (χ1v) is 16.3. The number of alkyl halides is 6. The van der Waals surface area contributed by atoms with Gasteiger partial charge in [-0.3, -0.25) is 4.79 Å². The summed E-state index contributed by atoms with van der Waals surface area (Å²) in [5, 5.41) is 0.726. The Balaban J connectivity index is 0.00000260. The first kappa shape index (κ1) is 38.3. The number of carbonyl (C=O) groups is 1. The molecule has 2 bridgehead atoms. The van der Waals surface area contributed by atoms with E-state index in [-0.39, 0.29) is 60.3 Å². The van der Waals surface area contributed by atoms with E-state index in [0.717, 1.165) is 55.5 Å². The lowest BCUT2D eigenvalue weighted by molar-refractivity contribution is -0.944. The number of benzene rings is 3. The summed E-state index contributed by atoms with van der Waals surface area (Å²) in [6, 6.07) is 17.6. The molecule has 4 aliphatic heterocycles. The third-order valence-electron chi connectivity index (χ3n) is 10.9. The molecule has 0 spiro atoms. The molecule has 0 saturated carbocycles. The van der Waals surface area contributed by atoms with E-state index in [0.29, 0.717) is 35.0 Å². The highest BCUT2D eigenvalue weighted by Gasteiger charge is 2.51. The van der Waals surface area contributed by atoms with Gasteiger partial charge in [-0.25, -0.2) is 0 Å². The molecule has 1 atom stereocenters. The maximum Gasteiger partial charge on any atom is 0.416 e. The van der Waals surface area contributed by atoms with E-state index in [4.69, 9.17) is 23.2 Å². The maximum absolute atomic E-state index is 13.6. The SMILES string of the molecule is O.O=C1CCC(CC[N+]23CCC(c4ccccc4)(CC2)CC3)(c2ccc(Cl)c(Cl)c2)CN1Cc1cc(C(F)(F)F)cc(C(F)(F)F)c1.[Cl-]. The normalized spacial score (nSPS) is 25.8. The summed E-state index contributed by atoms with van der Waals surface area (Å²) in [5.74, 6) is -0.308. The van der Waals surface area contributed by atoms with Gasteiger partial charge in [0.05, 0.1) is 47.4 Å². The summed E-state index contributed by atoms with van der Waals surface area (Å²) >= 11 is 12.7. The smallest absolute Gasteiger partial charge is 0.416 e. The molecule has 0 radical (unpaired) electrons. The zero-order valence-electron chi connectivity index (χ0n) is 26.0. The molecule has 1 unspecified atom stereocenters. The van der Waals surface area contributed by atoms with E-state index < -0.39 is 28.9 Å². The second-order valence-electron chi connectivity index (χ2n) is 13.5. The lowest BCUT2D eigenvalue weighted by Gasteiger charge is -2.56. The van der Waals surface area contributed by atoms with Crippen LogP contribution in [-0.4, -0.2) is 53.5 Å². The highest BCUT2D eigenvalue weighted by Crippen LogP contribution is 2.48. The van der Waals surface area contributed by atoms with Gasteiger partial charge in [-0.05, 0) is 53.4 Å². The Morgan fingerprint density at radius 3 is 1.88 bits per heavy atom. The first-order chi connectivity index (χ1) is 21.6. The van der Waals surface area contributed by atoms with Crippen molar-refractivity contribution in [3.8, 4) is 0 Å². The average molecular weight is 738 g/mol. The number of quaternary nitrogens is 1. The third kappa shape index (κ3) is 7.63. The Kier molecular flexibility index (Phi) is 11.2. The standard InChI is InChI=1S/C35H35Cl2F6N2O.ClH.H2O/c36-29-7-6-26(21-30(29)37)33(13-17-45-14-10-32(11-15-45,12-16-45)25-4-2-1-3-5-25)9-8-31(46)44(23-33)22-24-18-27(34(38,39)40)20-28(19-24)35(41,42)43;;/h1-7,18-21H,8-17,22-23H2;1H;1H2/q+1;;/p-1. The molecule has 4 heterocycles. The maximum atomic E-state index is 13.6. The van der Waals surface area contributed by atoms with Crippen LogP contribution in [0.3, 0.4) is 0 Å². The van der Waals surface area contributed by atoms with Crippen molar-refractivity contribution in [2.24, 2.45) is 0 Å². The van der Waals surface area contributed by atoms with E-state index in [1.165, 1.54) is 10.5 Å². The number of hydrogen-bond acceptors (Lipinski definition) is 1. The summed E-state index contributed by atoms with van der Waals surface area (Å²) in [6.07, 6.45) is -5.41. The quantitative estimate of drug-likeness (QED) is 0.230. The van der Waals surface area contributed by atoms with Crippen molar-refractivity contribution in [3.05, 3.63) is 105 Å². The summed E-state index contributed by atoms with van der Waals surface area (Å²) in [4.78, 5) is 14.6. The number of carbonyl (C=O) groups excluding carboxylic acids is 1. The predicted molar refractivity (Wildman–Crippen MR) is 169 cm³/mol. The van der Waals surface area contributed by atoms with Crippen LogP contribution in [0.2, 0.25) is 10.0 Å². The van der Waals surface area contributed by atoms with Gasteiger partial charge in [0.25, 0.3) is 0 Å². The van der Waals surface area contributed by atoms with Crippen LogP contribution in [0.4, 0.5) is 26.3 Å². The number of hydrogen-bond donors (Lipinski definition) is 0. The summed E-state index contributed by atoms with van der Waals surface area (Å²) in [7, 11) is 0. The van der Waals surface area contributed by atoms with Crippen molar-refractivity contribution in [3.63, 3.8) is 0 Å². The second kappa shape index (κ2) is 14.0. The fourth-order valence-electron chi connectivity index (χ4n) is 8.00. The van der Waals surface area contributed by atoms with Gasteiger partial charge in [-0.2, -0.15) is 26.3 Å². The topological polar surface area (TPSA) is 51.8 Å². The lowest BCUT2D eigenvalue weighted by atomic mass is 9.65. The van der Waals surface area contributed by atoms with Crippen LogP contribution in [0.1, 0.15) is 66.3 Å². The predicted octanol–water partition coefficient (Wildman–Crippen LogP) is 5.61. The van der Waals surface area contributed by atoms with Crippen molar-refractivity contribution in [1.29, 1.82) is 0 Å². The van der Waals surface area contributed by atoms with Crippen LogP contribution < -0.4 is 12.4 Å². The molecular formula is C35H37Cl3F6N2O2. The molecule has 4 fully saturated rings. The van der Waals surface area contributed by atoms with E-state index in [9.17, 15) is 31.1 Å². The minimum atomic E-state index is -4.97. The molecule has 13 heteroatoms. The van der Waals surface area contributed by atoms with Crippen LogP contribution in [-0.2, 0) is 34.5 Å². The molecule has 0 aliphatic carbocycles. The van der Waals surface area contributed by atoms with Gasteiger partial charge in [-0.15, -0.1) is 0 Å². The average Bonchev–Trinajstić information content (AvgIpc) is 3.03. The number of halogens is 9. The molecule has 3 aromatic rings. The molecule has 3 aromatic carbocycles. The van der Waals surface area contributed by atoms with Crippen LogP contribution in [0, 0.1) is 0 Å². The minimum absolute atomic E-state index is 0. The molecule has 48 heavy (non-hydrogen) atoms. The van der Waals surface area contributed by atoms with E-state index >= 15 is 0 Å². The summed E-state index contributed by atoms with van der Waals surface area (Å²) in [5.41, 5.74) is -1.15. The van der Waals surface area contributed by atoms with Gasteiger partial charge in [0.2, 0.25) is 5.91 Å². The molecule has 7 rings (SSSR count). The monoisotopic (exact) mass is 736 g/mol. The largest absolute Gasteiger partial charge is 1.00 e. The van der Waals surface area contributed by atoms with E-state index in [1.54, 1.807) is 12.1 Å². The second-order valence-corrected chi connectivity index (χ2v) is 14.3. The molecule has 262 valence electrons. The van der Waals surface area contributed by atoms with Crippen molar-refractivity contribution >= 4 is 29.1 Å². The van der Waals surface area contributed by atoms with Crippen LogP contribution in [0.5, 0.6) is 0 Å². The van der Waals surface area contributed by atoms with Gasteiger partial charge < -0.3 is 27.3 Å². The molecule has 4 aliphatic rings. The van der Waals surface area contributed by atoms with Crippen molar-refractivity contribution in [2.45, 2.75) is 68.3 Å². The Bertz CT molecular complexity index is 1560. The highest BCUT2D eigenvalue weighted by atomic mass is 35.5. The number of likely N-dealkylation sites (tertiary alicyclic amines) is 1. The molecule has 2 N–H and O–H groups in total. The Morgan fingerprint density at radius 1 is 0.750 bits per heavy atom. The Hall–Kier alpha value is -2.50. The van der Waals surface area contributed by atoms with Crippen molar-refractivity contribution in [2.75, 3.05) is 32.7 Å². The molecule has 0 aromatic heterocycles. The number of nitrogens with zero attached hydrogens (tertiary/aromatic N) is 2. The van der Waals surface area contributed by atoms with Crippen molar-refractivity contribution < 1.29 is 53.5 Å². The van der Waals surface area contributed by atoms with E-state index in [1.807, 2.05) is 12.1 Å². The Morgan fingerprint density at radius 2 is 1.33 bits per heavy atom. The third-order valence-corrected chi connectivity index (χ3v) is 11.6. The molecule has 4 nitrogen and oxygen atoms in total. The Labute approximate surface area is 292 Å². The van der Waals surface area contributed by atoms with Crippen LogP contribution in [0.15, 0.2) is 66.7 Å². The highest BCUT2D eigenvalue weighted by molar-refractivity contribution is 6.42. The van der Waals surface area contributed by atoms with Gasteiger partial charge >= 0.3 is 12.4 Å². The van der Waals surface area contributed by atoms with Crippen molar-refractivity contribution in [1.82, 2.24) is 4.90 Å². The number of piperidine rings is 4. The first-order valence-electron chi connectivity index (χ1n) is 15.5. The summed E-state index contributed by atoms with van der Waals surface area (Å²) in [6.45, 7) is 3.71. The fraction of sp³-hybridized carbons (Fsp3) is 0.457. The van der Waals surface area contributed by atoms with Gasteiger partial charge in [-0.1, -0.05) is 59.6 Å². The van der Waals surface area contributed by atoms with Gasteiger partial charge in [0.15, 0.2) is 0 Å². The molecular weight excluding hydrogens is 701 g/mol. The number of amides is 1. The number of rotatable bonds is 7. The van der Waals surface area contributed by atoms with Gasteiger partial charge in [0, 0.05) is 56.0 Å². The minimum Gasteiger partial charge on any atom is -1.00 e. The van der Waals surface area contributed by atoms with Crippen LogP contribution >= 0.6 is 23.2 Å². The fourth-order valence-corrected chi connectivity index (χ4v) is 8.30. The zero-order valence-corrected chi connectivity index (χ0v) is 28.3. The molecule has 1 amide bonds. The summed E-state index contributed by atoms with van der Waals surface area (Å²) < 4.78 is 82.6.